The Bertz CT molecular complexity index is 572. The van der Waals surface area contributed by atoms with E-state index in [1.807, 2.05) is 0 Å². The third kappa shape index (κ3) is 3.58. The standard InChI is InChI=1S/C10H11ClN6OS/c1-6(19-10-16-14-5-17(10)12)9(18)15-8-3-2-7(11)4-13-8/h2-6H,12H2,1H3,(H,13,15,18)/t6-/m0/s1. The quantitative estimate of drug-likeness (QED) is 0.649. The summed E-state index contributed by atoms with van der Waals surface area (Å²) in [6.07, 6.45) is 2.83. The molecule has 100 valence electrons. The van der Waals surface area contributed by atoms with Crippen LogP contribution in [0.2, 0.25) is 5.02 Å². The van der Waals surface area contributed by atoms with Crippen molar-refractivity contribution < 1.29 is 4.79 Å². The highest BCUT2D eigenvalue weighted by Gasteiger charge is 2.17. The molecule has 19 heavy (non-hydrogen) atoms. The Morgan fingerprint density at radius 2 is 2.37 bits per heavy atom. The van der Waals surface area contributed by atoms with Crippen molar-refractivity contribution >= 4 is 35.1 Å². The lowest BCUT2D eigenvalue weighted by molar-refractivity contribution is -0.115. The molecule has 0 aliphatic carbocycles. The van der Waals surface area contributed by atoms with Gasteiger partial charge in [-0.1, -0.05) is 23.4 Å². The summed E-state index contributed by atoms with van der Waals surface area (Å²) in [6.45, 7) is 1.74. The Kier molecular flexibility index (Phi) is 4.23. The molecule has 0 radical (unpaired) electrons. The maximum Gasteiger partial charge on any atom is 0.238 e. The summed E-state index contributed by atoms with van der Waals surface area (Å²) < 4.78 is 1.26. The Morgan fingerprint density at radius 3 is 2.95 bits per heavy atom. The van der Waals surface area contributed by atoms with Gasteiger partial charge in [-0.05, 0) is 19.1 Å². The van der Waals surface area contributed by atoms with Crippen molar-refractivity contribution in [2.45, 2.75) is 17.3 Å². The molecule has 2 aromatic rings. The third-order valence-electron chi connectivity index (χ3n) is 2.17. The normalized spacial score (nSPS) is 12.1. The first-order valence-electron chi connectivity index (χ1n) is 5.30. The van der Waals surface area contributed by atoms with Crippen LogP contribution in [0.15, 0.2) is 29.8 Å². The van der Waals surface area contributed by atoms with Crippen LogP contribution in [0.25, 0.3) is 0 Å². The summed E-state index contributed by atoms with van der Waals surface area (Å²) in [7, 11) is 0. The number of hydrogen-bond acceptors (Lipinski definition) is 6. The number of carbonyl (C=O) groups is 1. The smallest absolute Gasteiger partial charge is 0.238 e. The number of halogens is 1. The molecule has 1 atom stereocenters. The number of rotatable bonds is 4. The number of aromatic nitrogens is 4. The number of carbonyl (C=O) groups excluding carboxylic acids is 1. The van der Waals surface area contributed by atoms with Crippen molar-refractivity contribution in [2.24, 2.45) is 0 Å². The minimum atomic E-state index is -0.385. The lowest BCUT2D eigenvalue weighted by Gasteiger charge is -2.10. The number of hydrogen-bond donors (Lipinski definition) is 2. The second-order valence-corrected chi connectivity index (χ2v) is 5.38. The maximum absolute atomic E-state index is 11.9. The molecule has 0 spiro atoms. The van der Waals surface area contributed by atoms with Crippen LogP contribution in [0.5, 0.6) is 0 Å². The monoisotopic (exact) mass is 298 g/mol. The van der Waals surface area contributed by atoms with Crippen LogP contribution in [0.4, 0.5) is 5.82 Å². The summed E-state index contributed by atoms with van der Waals surface area (Å²) >= 11 is 6.92. The summed E-state index contributed by atoms with van der Waals surface area (Å²) in [4.78, 5) is 15.9. The second-order valence-electron chi connectivity index (χ2n) is 3.63. The van der Waals surface area contributed by atoms with Crippen LogP contribution < -0.4 is 11.2 Å². The number of thioether (sulfide) groups is 1. The summed E-state index contributed by atoms with van der Waals surface area (Å²) in [5, 5.41) is 10.7. The number of anilines is 1. The molecule has 1 amide bonds. The first kappa shape index (κ1) is 13.6. The van der Waals surface area contributed by atoms with Gasteiger partial charge in [0.05, 0.1) is 10.3 Å². The molecule has 7 nitrogen and oxygen atoms in total. The maximum atomic E-state index is 11.9. The zero-order chi connectivity index (χ0) is 13.8. The topological polar surface area (TPSA) is 98.7 Å². The molecule has 3 N–H and O–H groups in total. The fourth-order valence-corrected chi connectivity index (χ4v) is 2.06. The van der Waals surface area contributed by atoms with Gasteiger partial charge in [0, 0.05) is 6.20 Å². The number of amides is 1. The van der Waals surface area contributed by atoms with E-state index in [1.54, 1.807) is 19.1 Å². The van der Waals surface area contributed by atoms with E-state index in [2.05, 4.69) is 20.5 Å². The highest BCUT2D eigenvalue weighted by atomic mass is 35.5. The van der Waals surface area contributed by atoms with Gasteiger partial charge < -0.3 is 11.2 Å². The van der Waals surface area contributed by atoms with Crippen LogP contribution in [-0.4, -0.2) is 31.0 Å². The van der Waals surface area contributed by atoms with Gasteiger partial charge in [-0.25, -0.2) is 9.66 Å². The van der Waals surface area contributed by atoms with Crippen molar-refractivity contribution in [2.75, 3.05) is 11.2 Å². The summed E-state index contributed by atoms with van der Waals surface area (Å²) in [5.74, 6) is 5.81. The second kappa shape index (κ2) is 5.89. The number of nitrogen functional groups attached to an aromatic ring is 1. The number of nitrogens with two attached hydrogens (primary N) is 1. The Labute approximate surface area is 118 Å². The highest BCUT2D eigenvalue weighted by Crippen LogP contribution is 2.20. The first-order valence-corrected chi connectivity index (χ1v) is 6.56. The fourth-order valence-electron chi connectivity index (χ4n) is 1.21. The summed E-state index contributed by atoms with van der Waals surface area (Å²) in [5.41, 5.74) is 0. The van der Waals surface area contributed by atoms with E-state index < -0.39 is 0 Å². The minimum absolute atomic E-state index is 0.206. The van der Waals surface area contributed by atoms with E-state index in [1.165, 1.54) is 29.0 Å². The SMILES string of the molecule is C[C@H](Sc1nncn1N)C(=O)Nc1ccc(Cl)cn1. The number of nitrogens with zero attached hydrogens (tertiary/aromatic N) is 4. The molecular weight excluding hydrogens is 288 g/mol. The van der Waals surface area contributed by atoms with Crippen molar-refractivity contribution in [1.82, 2.24) is 19.9 Å². The van der Waals surface area contributed by atoms with Gasteiger partial charge >= 0.3 is 0 Å². The first-order chi connectivity index (χ1) is 9.06. The molecule has 2 rings (SSSR count). The van der Waals surface area contributed by atoms with Crippen molar-refractivity contribution in [1.29, 1.82) is 0 Å². The van der Waals surface area contributed by atoms with E-state index >= 15 is 0 Å². The van der Waals surface area contributed by atoms with Crippen LogP contribution in [0.1, 0.15) is 6.92 Å². The zero-order valence-electron chi connectivity index (χ0n) is 9.95. The Hall–Kier alpha value is -1.80. The molecule has 0 bridgehead atoms. The van der Waals surface area contributed by atoms with Crippen molar-refractivity contribution in [3.05, 3.63) is 29.7 Å². The van der Waals surface area contributed by atoms with Gasteiger partial charge in [-0.2, -0.15) is 0 Å². The molecule has 0 saturated carbocycles. The average molecular weight is 299 g/mol. The lowest BCUT2D eigenvalue weighted by Crippen LogP contribution is -2.23. The molecule has 2 aromatic heterocycles. The Morgan fingerprint density at radius 1 is 1.58 bits per heavy atom. The molecule has 0 aliphatic heterocycles. The third-order valence-corrected chi connectivity index (χ3v) is 3.46. The predicted molar refractivity (Wildman–Crippen MR) is 73.4 cm³/mol. The van der Waals surface area contributed by atoms with Crippen molar-refractivity contribution in [3.8, 4) is 0 Å². The zero-order valence-corrected chi connectivity index (χ0v) is 11.5. The average Bonchev–Trinajstić information content (AvgIpc) is 2.78. The van der Waals surface area contributed by atoms with Crippen LogP contribution in [0.3, 0.4) is 0 Å². The molecule has 0 saturated heterocycles. The van der Waals surface area contributed by atoms with Gasteiger partial charge in [0.1, 0.15) is 12.1 Å². The molecule has 0 aromatic carbocycles. The minimum Gasteiger partial charge on any atom is -0.336 e. The highest BCUT2D eigenvalue weighted by molar-refractivity contribution is 8.00. The predicted octanol–water partition coefficient (Wildman–Crippen LogP) is 1.16. The van der Waals surface area contributed by atoms with Gasteiger partial charge in [0.25, 0.3) is 0 Å². The van der Waals surface area contributed by atoms with Crippen LogP contribution in [-0.2, 0) is 4.79 Å². The molecular formula is C10H11ClN6OS. The van der Waals surface area contributed by atoms with Crippen molar-refractivity contribution in [3.63, 3.8) is 0 Å². The van der Waals surface area contributed by atoms with Gasteiger partial charge in [-0.3, -0.25) is 4.79 Å². The van der Waals surface area contributed by atoms with E-state index in [4.69, 9.17) is 17.4 Å². The van der Waals surface area contributed by atoms with E-state index in [-0.39, 0.29) is 11.2 Å². The largest absolute Gasteiger partial charge is 0.336 e. The van der Waals surface area contributed by atoms with E-state index in [9.17, 15) is 4.79 Å². The number of nitrogens with one attached hydrogen (secondary N) is 1. The van der Waals surface area contributed by atoms with Gasteiger partial charge in [0.15, 0.2) is 0 Å². The van der Waals surface area contributed by atoms with Crippen LogP contribution >= 0.6 is 23.4 Å². The van der Waals surface area contributed by atoms with E-state index in [0.717, 1.165) is 0 Å². The Balaban J connectivity index is 1.96. The molecule has 0 fully saturated rings. The van der Waals surface area contributed by atoms with Crippen LogP contribution in [0, 0.1) is 0 Å². The molecule has 2 heterocycles. The molecule has 0 unspecified atom stereocenters. The van der Waals surface area contributed by atoms with Gasteiger partial charge in [-0.15, -0.1) is 10.2 Å². The fraction of sp³-hybridized carbons (Fsp3) is 0.200. The molecule has 0 aliphatic rings. The van der Waals surface area contributed by atoms with E-state index in [0.29, 0.717) is 16.0 Å². The lowest BCUT2D eigenvalue weighted by atomic mass is 10.4. The van der Waals surface area contributed by atoms with Gasteiger partial charge in [0.2, 0.25) is 11.1 Å². The molecule has 9 heteroatoms. The number of pyridine rings is 1. The summed E-state index contributed by atoms with van der Waals surface area (Å²) in [6, 6.07) is 3.28.